The Bertz CT molecular complexity index is 744. The predicted octanol–water partition coefficient (Wildman–Crippen LogP) is -0.138. The molecule has 9 nitrogen and oxygen atoms in total. The zero-order valence-electron chi connectivity index (χ0n) is 14.8. The van der Waals surface area contributed by atoms with Crippen molar-refractivity contribution in [1.29, 1.82) is 0 Å². The quantitative estimate of drug-likeness (QED) is 0.325. The molecule has 0 fully saturated rings. The van der Waals surface area contributed by atoms with Crippen LogP contribution in [0.5, 0.6) is 0 Å². The summed E-state index contributed by atoms with van der Waals surface area (Å²) in [4.78, 5) is 34.5. The van der Waals surface area contributed by atoms with Gasteiger partial charge in [0.1, 0.15) is 6.54 Å². The fraction of sp³-hybridized carbons (Fsp3) is 0.438. The molecule has 1 amide bonds. The van der Waals surface area contributed by atoms with Gasteiger partial charge in [-0.3, -0.25) is 14.4 Å². The lowest BCUT2D eigenvalue weighted by Crippen LogP contribution is -2.39. The number of carbonyl (C=O) groups is 3. The molecule has 0 radical (unpaired) electrons. The summed E-state index contributed by atoms with van der Waals surface area (Å²) in [7, 11) is -2.47. The number of rotatable bonds is 10. The molecule has 26 heavy (non-hydrogen) atoms. The molecular formula is C16H22N2O7S. The first-order valence-corrected chi connectivity index (χ1v) is 9.22. The van der Waals surface area contributed by atoms with Gasteiger partial charge in [-0.1, -0.05) is 12.1 Å². The molecule has 0 heterocycles. The van der Waals surface area contributed by atoms with Gasteiger partial charge in [-0.05, 0) is 26.0 Å². The fourth-order valence-corrected chi connectivity index (χ4v) is 2.79. The molecular weight excluding hydrogens is 364 g/mol. The zero-order chi connectivity index (χ0) is 19.7. The molecule has 0 aliphatic carbocycles. The van der Waals surface area contributed by atoms with E-state index in [1.54, 1.807) is 0 Å². The highest BCUT2D eigenvalue weighted by atomic mass is 32.2. The van der Waals surface area contributed by atoms with E-state index in [-0.39, 0.29) is 17.2 Å². The molecule has 0 saturated heterocycles. The lowest BCUT2D eigenvalue weighted by atomic mass is 10.2. The van der Waals surface area contributed by atoms with E-state index in [2.05, 4.69) is 10.0 Å². The topological polar surface area (TPSA) is 128 Å². The highest BCUT2D eigenvalue weighted by Gasteiger charge is 2.20. The summed E-state index contributed by atoms with van der Waals surface area (Å²) in [5, 5.41) is 2.49. The zero-order valence-corrected chi connectivity index (χ0v) is 15.6. The highest BCUT2D eigenvalue weighted by Crippen LogP contribution is 2.10. The molecule has 1 atom stereocenters. The van der Waals surface area contributed by atoms with Crippen LogP contribution in [0.2, 0.25) is 0 Å². The van der Waals surface area contributed by atoms with E-state index in [9.17, 15) is 22.8 Å². The molecule has 0 spiro atoms. The van der Waals surface area contributed by atoms with Crippen LogP contribution >= 0.6 is 0 Å². The normalized spacial score (nSPS) is 12.3. The Labute approximate surface area is 152 Å². The van der Waals surface area contributed by atoms with Crippen LogP contribution in [-0.4, -0.2) is 59.0 Å². The summed E-state index contributed by atoms with van der Waals surface area (Å²) < 4.78 is 35.9. The number of amides is 1. The van der Waals surface area contributed by atoms with Gasteiger partial charge in [-0.25, -0.2) is 8.42 Å². The van der Waals surface area contributed by atoms with Gasteiger partial charge < -0.3 is 14.8 Å². The van der Waals surface area contributed by atoms with E-state index in [1.165, 1.54) is 45.2 Å². The van der Waals surface area contributed by atoms with Crippen molar-refractivity contribution in [1.82, 2.24) is 10.0 Å². The molecule has 0 bridgehead atoms. The van der Waals surface area contributed by atoms with Crippen molar-refractivity contribution in [3.05, 3.63) is 29.8 Å². The molecule has 2 N–H and O–H groups in total. The van der Waals surface area contributed by atoms with Crippen LogP contribution in [0.1, 0.15) is 24.2 Å². The van der Waals surface area contributed by atoms with Gasteiger partial charge in [0.2, 0.25) is 10.0 Å². The Morgan fingerprint density at radius 1 is 1.15 bits per heavy atom. The summed E-state index contributed by atoms with van der Waals surface area (Å²) in [6.45, 7) is 2.68. The van der Waals surface area contributed by atoms with Gasteiger partial charge in [-0.15, -0.1) is 0 Å². The molecule has 1 aromatic carbocycles. The molecule has 0 aromatic heterocycles. The second-order valence-corrected chi connectivity index (χ2v) is 7.09. The van der Waals surface area contributed by atoms with Crippen LogP contribution in [0.3, 0.4) is 0 Å². The molecule has 0 aliphatic heterocycles. The monoisotopic (exact) mass is 386 g/mol. The third kappa shape index (κ3) is 6.90. The number of hydrogen-bond acceptors (Lipinski definition) is 7. The average molecular weight is 386 g/mol. The van der Waals surface area contributed by atoms with Crippen molar-refractivity contribution in [2.24, 2.45) is 0 Å². The van der Waals surface area contributed by atoms with E-state index in [0.29, 0.717) is 12.2 Å². The number of esters is 1. The van der Waals surface area contributed by atoms with Gasteiger partial charge in [0, 0.05) is 19.2 Å². The highest BCUT2D eigenvalue weighted by molar-refractivity contribution is 7.89. The van der Waals surface area contributed by atoms with Crippen LogP contribution in [-0.2, 0) is 29.1 Å². The number of Topliss-reactive ketones (excluding diaryl/α,β-unsaturated/α-hetero) is 1. The fourth-order valence-electron chi connectivity index (χ4n) is 1.82. The van der Waals surface area contributed by atoms with Crippen molar-refractivity contribution in [2.45, 2.75) is 24.8 Å². The number of methoxy groups -OCH3 is 1. The minimum Gasteiger partial charge on any atom is -0.452 e. The summed E-state index contributed by atoms with van der Waals surface area (Å²) in [5.74, 6) is -1.61. The molecule has 1 rings (SSSR count). The number of benzene rings is 1. The standard InChI is InChI=1S/C16H22N2O7S/c1-11(19)13-4-6-14(7-5-13)26(22,23)18-10-15(20)25-12(2)16(21)17-8-9-24-3/h4-7,12,18H,8-10H2,1-3H3,(H,17,21)/t12-/m0/s1. The Hall–Kier alpha value is -2.30. The van der Waals surface area contributed by atoms with Crippen LogP contribution in [0.4, 0.5) is 0 Å². The summed E-state index contributed by atoms with van der Waals surface area (Å²) in [6, 6.07) is 5.27. The maximum absolute atomic E-state index is 12.1. The van der Waals surface area contributed by atoms with E-state index in [4.69, 9.17) is 9.47 Å². The Morgan fingerprint density at radius 3 is 2.31 bits per heavy atom. The van der Waals surface area contributed by atoms with E-state index < -0.39 is 34.5 Å². The van der Waals surface area contributed by atoms with Crippen molar-refractivity contribution in [2.75, 3.05) is 26.8 Å². The van der Waals surface area contributed by atoms with Gasteiger partial charge >= 0.3 is 5.97 Å². The minimum absolute atomic E-state index is 0.0966. The van der Waals surface area contributed by atoms with E-state index >= 15 is 0 Å². The predicted molar refractivity (Wildman–Crippen MR) is 92.1 cm³/mol. The number of carbonyl (C=O) groups excluding carboxylic acids is 3. The van der Waals surface area contributed by atoms with E-state index in [0.717, 1.165) is 0 Å². The van der Waals surface area contributed by atoms with Crippen molar-refractivity contribution >= 4 is 27.7 Å². The molecule has 0 saturated carbocycles. The molecule has 0 unspecified atom stereocenters. The molecule has 1 aromatic rings. The summed E-state index contributed by atoms with van der Waals surface area (Å²) in [5.41, 5.74) is 0.372. The maximum Gasteiger partial charge on any atom is 0.321 e. The number of hydrogen-bond donors (Lipinski definition) is 2. The first-order valence-electron chi connectivity index (χ1n) is 7.74. The third-order valence-electron chi connectivity index (χ3n) is 3.26. The number of nitrogens with one attached hydrogen (secondary N) is 2. The van der Waals surface area contributed by atoms with Crippen molar-refractivity contribution in [3.63, 3.8) is 0 Å². The summed E-state index contributed by atoms with van der Waals surface area (Å²) in [6.07, 6.45) is -1.07. The first kappa shape index (κ1) is 21.7. The number of sulfonamides is 1. The lowest BCUT2D eigenvalue weighted by Gasteiger charge is -2.13. The largest absolute Gasteiger partial charge is 0.452 e. The molecule has 0 aliphatic rings. The second-order valence-electron chi connectivity index (χ2n) is 5.32. The Kier molecular flexibility index (Phi) is 8.36. The number of ether oxygens (including phenoxy) is 2. The lowest BCUT2D eigenvalue weighted by molar-refractivity contribution is -0.153. The number of ketones is 1. The van der Waals surface area contributed by atoms with Crippen LogP contribution in [0.15, 0.2) is 29.2 Å². The molecule has 144 valence electrons. The average Bonchev–Trinajstić information content (AvgIpc) is 2.60. The Morgan fingerprint density at radius 2 is 1.77 bits per heavy atom. The van der Waals surface area contributed by atoms with Crippen LogP contribution in [0.25, 0.3) is 0 Å². The van der Waals surface area contributed by atoms with Crippen LogP contribution < -0.4 is 10.0 Å². The first-order chi connectivity index (χ1) is 12.2. The van der Waals surface area contributed by atoms with Crippen molar-refractivity contribution < 1.29 is 32.3 Å². The van der Waals surface area contributed by atoms with Gasteiger partial charge in [0.25, 0.3) is 5.91 Å². The van der Waals surface area contributed by atoms with Crippen molar-refractivity contribution in [3.8, 4) is 0 Å². The Balaban J connectivity index is 2.54. The van der Waals surface area contributed by atoms with Gasteiger partial charge in [0.15, 0.2) is 11.9 Å². The summed E-state index contributed by atoms with van der Waals surface area (Å²) >= 11 is 0. The van der Waals surface area contributed by atoms with Gasteiger partial charge in [-0.2, -0.15) is 4.72 Å². The van der Waals surface area contributed by atoms with Gasteiger partial charge in [0.05, 0.1) is 11.5 Å². The third-order valence-corrected chi connectivity index (χ3v) is 4.68. The smallest absolute Gasteiger partial charge is 0.321 e. The minimum atomic E-state index is -3.95. The van der Waals surface area contributed by atoms with E-state index in [1.807, 2.05) is 0 Å². The maximum atomic E-state index is 12.1. The van der Waals surface area contributed by atoms with Crippen LogP contribution in [0, 0.1) is 0 Å². The molecule has 10 heteroatoms. The SMILES string of the molecule is COCCNC(=O)[C@H](C)OC(=O)CNS(=O)(=O)c1ccc(C(C)=O)cc1. The second kappa shape index (κ2) is 10.00.